The van der Waals surface area contributed by atoms with Crippen molar-refractivity contribution in [2.45, 2.75) is 44.7 Å². The first-order valence-electron chi connectivity index (χ1n) is 12.4. The minimum absolute atomic E-state index is 0.0717. The minimum Gasteiger partial charge on any atom is -0.374 e. The molecule has 1 atom stereocenters. The van der Waals surface area contributed by atoms with E-state index >= 15 is 0 Å². The number of amides is 2. The van der Waals surface area contributed by atoms with Crippen molar-refractivity contribution < 1.29 is 31.4 Å². The van der Waals surface area contributed by atoms with Crippen LogP contribution >= 0.6 is 0 Å². The highest BCUT2D eigenvalue weighted by atomic mass is 32.2. The molecule has 0 aliphatic carbocycles. The van der Waals surface area contributed by atoms with E-state index in [0.717, 1.165) is 6.26 Å². The highest BCUT2D eigenvalue weighted by Gasteiger charge is 2.35. The largest absolute Gasteiger partial charge is 0.374 e. The molecular formula is C26H29FN4O7S. The number of rotatable bonds is 2. The Kier molecular flexibility index (Phi) is 8.00. The summed E-state index contributed by atoms with van der Waals surface area (Å²) in [4.78, 5) is 59.9. The molecule has 0 spiro atoms. The lowest BCUT2D eigenvalue weighted by Gasteiger charge is -2.29. The van der Waals surface area contributed by atoms with Crippen LogP contribution in [-0.2, 0) is 32.7 Å². The van der Waals surface area contributed by atoms with Crippen molar-refractivity contribution in [2.24, 2.45) is 0 Å². The van der Waals surface area contributed by atoms with Gasteiger partial charge in [0, 0.05) is 33.6 Å². The van der Waals surface area contributed by atoms with Crippen LogP contribution in [0.15, 0.2) is 29.1 Å². The number of nitrogens with zero attached hydrogens (tertiary/aromatic N) is 4. The summed E-state index contributed by atoms with van der Waals surface area (Å²) < 4.78 is 44.2. The Morgan fingerprint density at radius 1 is 1.05 bits per heavy atom. The van der Waals surface area contributed by atoms with Crippen LogP contribution in [0.3, 0.4) is 0 Å². The van der Waals surface area contributed by atoms with Crippen LogP contribution < -0.4 is 9.74 Å². The second-order valence-corrected chi connectivity index (χ2v) is 11.2. The van der Waals surface area contributed by atoms with Crippen LogP contribution in [0.4, 0.5) is 4.39 Å². The number of hydrogen-bond donors (Lipinski definition) is 0. The Bertz CT molecular complexity index is 1530. The summed E-state index contributed by atoms with van der Waals surface area (Å²) in [5.74, 6) is -3.45. The van der Waals surface area contributed by atoms with Crippen molar-refractivity contribution in [2.75, 3.05) is 26.9 Å². The fourth-order valence-electron chi connectivity index (χ4n) is 4.73. The summed E-state index contributed by atoms with van der Waals surface area (Å²) in [7, 11) is -1.32. The molecule has 0 saturated heterocycles. The summed E-state index contributed by atoms with van der Waals surface area (Å²) in [5.41, 5.74) is -0.273. The monoisotopic (exact) mass is 560 g/mol. The molecule has 1 aromatic heterocycles. The average molecular weight is 561 g/mol. The first-order chi connectivity index (χ1) is 18.4. The lowest BCUT2D eigenvalue weighted by molar-refractivity contribution is -0.151. The van der Waals surface area contributed by atoms with Gasteiger partial charge in [-0.15, -0.1) is 0 Å². The molecule has 13 heteroatoms. The van der Waals surface area contributed by atoms with Gasteiger partial charge in [-0.25, -0.2) is 9.37 Å². The van der Waals surface area contributed by atoms with Gasteiger partial charge in [0.2, 0.25) is 5.75 Å². The highest BCUT2D eigenvalue weighted by Crippen LogP contribution is 2.30. The number of carbonyl (C=O) groups excluding carboxylic acids is 3. The Hall–Kier alpha value is -3.87. The maximum Gasteiger partial charge on any atom is 0.312 e. The van der Waals surface area contributed by atoms with E-state index in [0.29, 0.717) is 30.4 Å². The fourth-order valence-corrected chi connectivity index (χ4v) is 5.19. The predicted molar refractivity (Wildman–Crippen MR) is 139 cm³/mol. The Morgan fingerprint density at radius 3 is 2.51 bits per heavy atom. The zero-order valence-electron chi connectivity index (χ0n) is 21.8. The number of halogens is 1. The molecule has 0 fully saturated rings. The van der Waals surface area contributed by atoms with Gasteiger partial charge in [-0.1, -0.05) is 18.2 Å². The molecule has 0 radical (unpaired) electrons. The number of likely N-dealkylation sites (N-methyl/N-ethyl adjacent to an activating group) is 2. The van der Waals surface area contributed by atoms with Crippen molar-refractivity contribution in [3.63, 3.8) is 0 Å². The molecule has 2 bridgehead atoms. The van der Waals surface area contributed by atoms with E-state index in [1.54, 1.807) is 12.2 Å². The highest BCUT2D eigenvalue weighted by molar-refractivity contribution is 7.86. The van der Waals surface area contributed by atoms with Gasteiger partial charge in [0.1, 0.15) is 11.6 Å². The van der Waals surface area contributed by atoms with Crippen LogP contribution in [0.25, 0.3) is 6.08 Å². The second kappa shape index (κ2) is 11.1. The third kappa shape index (κ3) is 6.08. The molecule has 2 aromatic rings. The van der Waals surface area contributed by atoms with Crippen molar-refractivity contribution in [1.29, 1.82) is 0 Å². The topological polar surface area (TPSA) is 136 Å². The zero-order chi connectivity index (χ0) is 28.5. The van der Waals surface area contributed by atoms with Gasteiger partial charge >= 0.3 is 21.9 Å². The summed E-state index contributed by atoms with van der Waals surface area (Å²) in [6.07, 6.45) is 5.38. The number of fused-ring (bicyclic) bond motifs is 2. The number of benzene rings is 1. The molecule has 3 heterocycles. The molecule has 1 unspecified atom stereocenters. The number of Topliss-reactive ketones (excluding diaryl/α,β-unsaturated/α-hetero) is 1. The fraction of sp³-hybridized carbons (Fsp3) is 0.423. The third-order valence-corrected chi connectivity index (χ3v) is 7.26. The van der Waals surface area contributed by atoms with E-state index < -0.39 is 56.6 Å². The van der Waals surface area contributed by atoms with E-state index in [-0.39, 0.29) is 31.8 Å². The van der Waals surface area contributed by atoms with Crippen LogP contribution in [0.1, 0.15) is 59.2 Å². The van der Waals surface area contributed by atoms with E-state index in [9.17, 15) is 32.0 Å². The van der Waals surface area contributed by atoms with Crippen molar-refractivity contribution in [1.82, 2.24) is 19.4 Å². The van der Waals surface area contributed by atoms with Crippen LogP contribution in [0.2, 0.25) is 0 Å². The lowest BCUT2D eigenvalue weighted by Crippen LogP contribution is -2.45. The van der Waals surface area contributed by atoms with Gasteiger partial charge in [-0.3, -0.25) is 23.7 Å². The molecule has 2 amide bonds. The summed E-state index contributed by atoms with van der Waals surface area (Å²) in [6.45, 7) is 0.231. The first kappa shape index (κ1) is 28.1. The van der Waals surface area contributed by atoms with Gasteiger partial charge in [0.05, 0.1) is 12.3 Å². The molecule has 0 N–H and O–H groups in total. The maximum absolute atomic E-state index is 14.0. The van der Waals surface area contributed by atoms with Gasteiger partial charge in [-0.2, -0.15) is 8.42 Å². The SMILES string of the molecule is CN1C/C=C/c2cc(F)ccc2CCC(=O)c2nc3n(c(=O)c2OS(C)(=O)=O)CCCCC3N(C)C(=O)C1=O. The number of carbonyl (C=O) groups is 3. The first-order valence-corrected chi connectivity index (χ1v) is 14.2. The normalized spacial score (nSPS) is 19.9. The second-order valence-electron chi connectivity index (χ2n) is 9.67. The van der Waals surface area contributed by atoms with Crippen LogP contribution in [0.5, 0.6) is 5.75 Å². The molecular weight excluding hydrogens is 531 g/mol. The number of aromatic nitrogens is 2. The quantitative estimate of drug-likeness (QED) is 0.400. The van der Waals surface area contributed by atoms with E-state index in [2.05, 4.69) is 4.98 Å². The molecule has 11 nitrogen and oxygen atoms in total. The Labute approximate surface area is 225 Å². The zero-order valence-corrected chi connectivity index (χ0v) is 22.7. The van der Waals surface area contributed by atoms with E-state index in [4.69, 9.17) is 4.18 Å². The van der Waals surface area contributed by atoms with Gasteiger partial charge in [-0.05, 0) is 48.9 Å². The third-order valence-electron chi connectivity index (χ3n) is 6.79. The number of hydrogen-bond acceptors (Lipinski definition) is 8. The summed E-state index contributed by atoms with van der Waals surface area (Å²) in [6, 6.07) is 3.21. The van der Waals surface area contributed by atoms with E-state index in [1.165, 1.54) is 46.7 Å². The van der Waals surface area contributed by atoms with Crippen molar-refractivity contribution in [3.8, 4) is 5.75 Å². The smallest absolute Gasteiger partial charge is 0.312 e. The predicted octanol–water partition coefficient (Wildman–Crippen LogP) is 1.70. The van der Waals surface area contributed by atoms with Crippen molar-refractivity contribution >= 4 is 33.8 Å². The number of ketones is 1. The van der Waals surface area contributed by atoms with E-state index in [1.807, 2.05) is 0 Å². The lowest BCUT2D eigenvalue weighted by atomic mass is 9.99. The molecule has 39 heavy (non-hydrogen) atoms. The minimum atomic E-state index is -4.20. The summed E-state index contributed by atoms with van der Waals surface area (Å²) in [5, 5.41) is 0. The van der Waals surface area contributed by atoms with Gasteiger partial charge < -0.3 is 14.0 Å². The van der Waals surface area contributed by atoms with Crippen LogP contribution in [-0.4, -0.2) is 72.3 Å². The number of aryl methyl sites for hydroxylation is 1. The Balaban J connectivity index is 1.92. The molecule has 0 saturated carbocycles. The molecule has 4 rings (SSSR count). The Morgan fingerprint density at radius 2 is 1.79 bits per heavy atom. The average Bonchev–Trinajstić information content (AvgIpc) is 3.09. The molecule has 208 valence electrons. The summed E-state index contributed by atoms with van der Waals surface area (Å²) >= 11 is 0. The molecule has 2 aliphatic rings. The van der Waals surface area contributed by atoms with Crippen molar-refractivity contribution in [3.05, 3.63) is 63.1 Å². The maximum atomic E-state index is 14.0. The standard InChI is InChI=1S/C26H29FN4O7S/c1-29-13-6-7-17-15-18(27)11-9-16(17)10-12-20(32)21-22(38-39(3,36)37)24(33)31-14-5-4-8-19(23(31)28-21)30(2)26(35)25(29)34/h6-7,9,11,15,19H,4-5,8,10,12-14H2,1-3H3/b7-6+. The van der Waals surface area contributed by atoms with Gasteiger partial charge in [0.25, 0.3) is 5.56 Å². The molecule has 2 aliphatic heterocycles. The van der Waals surface area contributed by atoms with Crippen LogP contribution in [0, 0.1) is 5.82 Å². The molecule has 1 aromatic carbocycles. The van der Waals surface area contributed by atoms with Gasteiger partial charge in [0.15, 0.2) is 11.5 Å².